The number of aromatic hydroxyl groups is 1. The van der Waals surface area contributed by atoms with E-state index in [1.54, 1.807) is 23.7 Å². The van der Waals surface area contributed by atoms with E-state index in [4.69, 9.17) is 5.21 Å². The maximum atomic E-state index is 11.4. The molecule has 0 bridgehead atoms. The molecule has 0 spiro atoms. The molecule has 1 aromatic heterocycles. The lowest BCUT2D eigenvalue weighted by molar-refractivity contribution is 0.0706. The number of para-hydroxylation sites is 1. The third kappa shape index (κ3) is 2.51. The first-order valence-electron chi connectivity index (χ1n) is 7.91. The van der Waals surface area contributed by atoms with Gasteiger partial charge in [-0.1, -0.05) is 36.4 Å². The van der Waals surface area contributed by atoms with Gasteiger partial charge in [-0.05, 0) is 35.9 Å². The summed E-state index contributed by atoms with van der Waals surface area (Å²) in [4.78, 5) is 11.4. The highest BCUT2D eigenvalue weighted by atomic mass is 16.5. The Labute approximate surface area is 143 Å². The minimum atomic E-state index is -0.534. The Balaban J connectivity index is 1.83. The zero-order chi connectivity index (χ0) is 17.4. The SMILES string of the molecule is O=C(NO)c1ccc(Cn2c3ccccc3c3c(O)cccc32)cc1. The number of hydrogen-bond donors (Lipinski definition) is 3. The van der Waals surface area contributed by atoms with E-state index in [2.05, 4.69) is 4.57 Å². The Morgan fingerprint density at radius 3 is 2.40 bits per heavy atom. The molecule has 0 fully saturated rings. The standard InChI is InChI=1S/C20H16N2O3/c23-18-7-3-6-17-19(18)15-4-1-2-5-16(15)22(17)12-13-8-10-14(11-9-13)20(24)21-25/h1-11,23,25H,12H2,(H,21,24). The second-order valence-corrected chi connectivity index (χ2v) is 5.91. The van der Waals surface area contributed by atoms with Crippen molar-refractivity contribution in [3.05, 3.63) is 77.9 Å². The molecule has 3 N–H and O–H groups in total. The minimum Gasteiger partial charge on any atom is -0.507 e. The van der Waals surface area contributed by atoms with Gasteiger partial charge in [0.05, 0.1) is 5.52 Å². The lowest BCUT2D eigenvalue weighted by Gasteiger charge is -2.08. The van der Waals surface area contributed by atoms with Crippen molar-refractivity contribution in [3.8, 4) is 5.75 Å². The van der Waals surface area contributed by atoms with Crippen LogP contribution in [0.2, 0.25) is 0 Å². The first-order valence-corrected chi connectivity index (χ1v) is 7.91. The van der Waals surface area contributed by atoms with Gasteiger partial charge in [0.15, 0.2) is 0 Å². The second-order valence-electron chi connectivity index (χ2n) is 5.91. The van der Waals surface area contributed by atoms with Crippen molar-refractivity contribution in [1.29, 1.82) is 0 Å². The van der Waals surface area contributed by atoms with Gasteiger partial charge in [-0.3, -0.25) is 10.0 Å². The number of amides is 1. The molecule has 0 aliphatic rings. The number of aromatic nitrogens is 1. The monoisotopic (exact) mass is 332 g/mol. The van der Waals surface area contributed by atoms with Gasteiger partial charge in [0.25, 0.3) is 5.91 Å². The molecule has 0 atom stereocenters. The molecule has 0 saturated heterocycles. The van der Waals surface area contributed by atoms with Crippen molar-refractivity contribution in [2.75, 3.05) is 0 Å². The summed E-state index contributed by atoms with van der Waals surface area (Å²) in [5, 5.41) is 20.8. The topological polar surface area (TPSA) is 74.5 Å². The molecule has 0 aliphatic heterocycles. The second kappa shape index (κ2) is 5.96. The molecule has 4 aromatic rings. The third-order valence-electron chi connectivity index (χ3n) is 4.43. The van der Waals surface area contributed by atoms with Crippen LogP contribution in [0.15, 0.2) is 66.7 Å². The van der Waals surface area contributed by atoms with Crippen LogP contribution < -0.4 is 5.48 Å². The Morgan fingerprint density at radius 2 is 1.64 bits per heavy atom. The quantitative estimate of drug-likeness (QED) is 0.396. The summed E-state index contributed by atoms with van der Waals surface area (Å²) >= 11 is 0. The fourth-order valence-electron chi connectivity index (χ4n) is 3.26. The fraction of sp³-hybridized carbons (Fsp3) is 0.0500. The van der Waals surface area contributed by atoms with Crippen LogP contribution in [0.5, 0.6) is 5.75 Å². The highest BCUT2D eigenvalue weighted by Gasteiger charge is 2.13. The Morgan fingerprint density at radius 1 is 0.920 bits per heavy atom. The normalized spacial score (nSPS) is 11.1. The van der Waals surface area contributed by atoms with Gasteiger partial charge in [0.2, 0.25) is 0 Å². The molecule has 5 nitrogen and oxygen atoms in total. The third-order valence-corrected chi connectivity index (χ3v) is 4.43. The molecule has 4 rings (SSSR count). The van der Waals surface area contributed by atoms with E-state index in [9.17, 15) is 9.90 Å². The lowest BCUT2D eigenvalue weighted by Crippen LogP contribution is -2.18. The molecular weight excluding hydrogens is 316 g/mol. The highest BCUT2D eigenvalue weighted by molar-refractivity contribution is 6.11. The van der Waals surface area contributed by atoms with Gasteiger partial charge in [-0.2, -0.15) is 0 Å². The van der Waals surface area contributed by atoms with Crippen LogP contribution in [0.1, 0.15) is 15.9 Å². The number of phenolic OH excluding ortho intramolecular Hbond substituents is 1. The average molecular weight is 332 g/mol. The van der Waals surface area contributed by atoms with E-state index in [-0.39, 0.29) is 5.75 Å². The number of benzene rings is 3. The van der Waals surface area contributed by atoms with Crippen LogP contribution in [0, 0.1) is 0 Å². The number of hydrogen-bond acceptors (Lipinski definition) is 3. The van der Waals surface area contributed by atoms with Crippen LogP contribution in [0.3, 0.4) is 0 Å². The van der Waals surface area contributed by atoms with Gasteiger partial charge >= 0.3 is 0 Å². The highest BCUT2D eigenvalue weighted by Crippen LogP contribution is 2.35. The van der Waals surface area contributed by atoms with Gasteiger partial charge in [0.1, 0.15) is 5.75 Å². The van der Waals surface area contributed by atoms with Crippen LogP contribution in [0.25, 0.3) is 21.8 Å². The number of rotatable bonds is 3. The molecule has 25 heavy (non-hydrogen) atoms. The van der Waals surface area contributed by atoms with E-state index >= 15 is 0 Å². The first-order chi connectivity index (χ1) is 12.2. The summed E-state index contributed by atoms with van der Waals surface area (Å²) in [5.74, 6) is -0.268. The number of nitrogens with one attached hydrogen (secondary N) is 1. The van der Waals surface area contributed by atoms with Crippen molar-refractivity contribution in [2.45, 2.75) is 6.54 Å². The van der Waals surface area contributed by atoms with Gasteiger partial charge in [-0.25, -0.2) is 5.48 Å². The number of fused-ring (bicyclic) bond motifs is 3. The Bertz CT molecular complexity index is 1080. The van der Waals surface area contributed by atoms with Crippen LogP contribution in [-0.4, -0.2) is 20.8 Å². The number of carbonyl (C=O) groups excluding carboxylic acids is 1. The molecule has 3 aromatic carbocycles. The van der Waals surface area contributed by atoms with Crippen LogP contribution in [0.4, 0.5) is 0 Å². The number of nitrogens with zero attached hydrogens (tertiary/aromatic N) is 1. The number of hydroxylamine groups is 1. The minimum absolute atomic E-state index is 0.266. The van der Waals surface area contributed by atoms with Gasteiger partial charge in [0, 0.05) is 28.4 Å². The number of phenols is 1. The summed E-state index contributed by atoms with van der Waals surface area (Å²) < 4.78 is 2.14. The number of carbonyl (C=O) groups is 1. The predicted molar refractivity (Wildman–Crippen MR) is 95.9 cm³/mol. The zero-order valence-electron chi connectivity index (χ0n) is 13.3. The van der Waals surface area contributed by atoms with Crippen LogP contribution >= 0.6 is 0 Å². The largest absolute Gasteiger partial charge is 0.507 e. The molecule has 0 unspecified atom stereocenters. The fourth-order valence-corrected chi connectivity index (χ4v) is 3.26. The first kappa shape index (κ1) is 15.2. The van der Waals surface area contributed by atoms with Crippen molar-refractivity contribution in [3.63, 3.8) is 0 Å². The lowest BCUT2D eigenvalue weighted by atomic mass is 10.1. The molecule has 1 heterocycles. The van der Waals surface area contributed by atoms with Crippen molar-refractivity contribution < 1.29 is 15.1 Å². The maximum absolute atomic E-state index is 11.4. The predicted octanol–water partition coefficient (Wildman–Crippen LogP) is 3.67. The molecule has 0 saturated carbocycles. The summed E-state index contributed by atoms with van der Waals surface area (Å²) in [6, 6.07) is 20.5. The van der Waals surface area contributed by atoms with E-state index in [1.807, 2.05) is 48.5 Å². The Hall–Kier alpha value is -3.31. The zero-order valence-corrected chi connectivity index (χ0v) is 13.3. The average Bonchev–Trinajstić information content (AvgIpc) is 2.97. The summed E-state index contributed by atoms with van der Waals surface area (Å²) in [7, 11) is 0. The summed E-state index contributed by atoms with van der Waals surface area (Å²) in [6.45, 7) is 0.606. The molecule has 0 radical (unpaired) electrons. The van der Waals surface area contributed by atoms with Gasteiger partial charge in [-0.15, -0.1) is 0 Å². The van der Waals surface area contributed by atoms with Crippen LogP contribution in [-0.2, 0) is 6.54 Å². The summed E-state index contributed by atoms with van der Waals surface area (Å²) in [6.07, 6.45) is 0. The van der Waals surface area contributed by atoms with Crippen molar-refractivity contribution >= 4 is 27.7 Å². The van der Waals surface area contributed by atoms with Crippen molar-refractivity contribution in [2.24, 2.45) is 0 Å². The smallest absolute Gasteiger partial charge is 0.274 e. The Kier molecular flexibility index (Phi) is 3.63. The van der Waals surface area contributed by atoms with Gasteiger partial charge < -0.3 is 9.67 Å². The maximum Gasteiger partial charge on any atom is 0.274 e. The molecule has 124 valence electrons. The van der Waals surface area contributed by atoms with E-state index in [0.29, 0.717) is 12.1 Å². The van der Waals surface area contributed by atoms with E-state index < -0.39 is 5.91 Å². The molecular formula is C20H16N2O3. The summed E-state index contributed by atoms with van der Waals surface area (Å²) in [5.41, 5.74) is 5.03. The molecule has 5 heteroatoms. The molecule has 0 aliphatic carbocycles. The van der Waals surface area contributed by atoms with E-state index in [1.165, 1.54) is 0 Å². The van der Waals surface area contributed by atoms with Crippen molar-refractivity contribution in [1.82, 2.24) is 10.0 Å². The van der Waals surface area contributed by atoms with E-state index in [0.717, 1.165) is 27.4 Å². The molecule has 1 amide bonds.